The molecule has 5 N–H and O–H groups in total. The summed E-state index contributed by atoms with van der Waals surface area (Å²) in [6.07, 6.45) is 0. The summed E-state index contributed by atoms with van der Waals surface area (Å²) in [6.45, 7) is 1.80. The first kappa shape index (κ1) is 13.5. The highest BCUT2D eigenvalue weighted by molar-refractivity contribution is 5.47. The van der Waals surface area contributed by atoms with Crippen LogP contribution in [0.3, 0.4) is 0 Å². The van der Waals surface area contributed by atoms with Crippen LogP contribution in [0, 0.1) is 6.92 Å². The average molecular weight is 250 g/mol. The van der Waals surface area contributed by atoms with Crippen molar-refractivity contribution in [2.75, 3.05) is 0 Å². The maximum atomic E-state index is 8.83. The normalized spacial score (nSPS) is 9.39. The van der Waals surface area contributed by atoms with Gasteiger partial charge in [0, 0.05) is 6.07 Å². The van der Waals surface area contributed by atoms with Gasteiger partial charge in [-0.1, -0.05) is 6.07 Å². The standard InChI is InChI=1S/C7H8O2.C6H6O3/c1-5-2-6(8)4-7(9)3-5;7-4-2-1-3-5(8)6(4)9/h2-4,8-9H,1H3;1-3,7-9H. The molecular formula is C13H14O5. The highest BCUT2D eigenvalue weighted by Gasteiger charge is 2.01. The summed E-state index contributed by atoms with van der Waals surface area (Å²) in [5.74, 6) is -0.887. The summed E-state index contributed by atoms with van der Waals surface area (Å²) in [7, 11) is 0. The fourth-order valence-corrected chi connectivity index (χ4v) is 1.26. The van der Waals surface area contributed by atoms with Crippen LogP contribution in [0.2, 0.25) is 0 Å². The second-order valence-corrected chi connectivity index (χ2v) is 3.67. The topological polar surface area (TPSA) is 101 Å². The Kier molecular flexibility index (Phi) is 4.26. The molecule has 2 rings (SSSR count). The van der Waals surface area contributed by atoms with Gasteiger partial charge in [0.1, 0.15) is 11.5 Å². The Morgan fingerprint density at radius 2 is 1.17 bits per heavy atom. The molecule has 0 saturated carbocycles. The second kappa shape index (κ2) is 5.67. The van der Waals surface area contributed by atoms with E-state index in [1.165, 1.54) is 24.3 Å². The zero-order valence-corrected chi connectivity index (χ0v) is 9.70. The number of rotatable bonds is 0. The van der Waals surface area contributed by atoms with Gasteiger partial charge in [-0.2, -0.15) is 0 Å². The van der Waals surface area contributed by atoms with Crippen molar-refractivity contribution in [3.63, 3.8) is 0 Å². The number of aryl methyl sites for hydroxylation is 1. The van der Waals surface area contributed by atoms with Crippen molar-refractivity contribution in [2.45, 2.75) is 6.92 Å². The summed E-state index contributed by atoms with van der Waals surface area (Å²) in [4.78, 5) is 0. The molecule has 2 aromatic rings. The number of hydrogen-bond donors (Lipinski definition) is 5. The SMILES string of the molecule is Cc1cc(O)cc(O)c1.Oc1cccc(O)c1O. The van der Waals surface area contributed by atoms with E-state index >= 15 is 0 Å². The van der Waals surface area contributed by atoms with Crippen LogP contribution in [0.1, 0.15) is 5.56 Å². The number of phenols is 5. The lowest BCUT2D eigenvalue weighted by Gasteiger charge is -1.96. The Hall–Kier alpha value is -2.56. The molecule has 5 nitrogen and oxygen atoms in total. The summed E-state index contributed by atoms with van der Waals surface area (Å²) in [6, 6.07) is 8.47. The number of phenolic OH excluding ortho intramolecular Hbond substituents is 5. The molecule has 0 spiro atoms. The fourth-order valence-electron chi connectivity index (χ4n) is 1.26. The number of hydrogen-bond acceptors (Lipinski definition) is 5. The molecule has 18 heavy (non-hydrogen) atoms. The molecule has 5 heteroatoms. The van der Waals surface area contributed by atoms with E-state index in [1.807, 2.05) is 0 Å². The Morgan fingerprint density at radius 1 is 0.722 bits per heavy atom. The maximum absolute atomic E-state index is 8.83. The minimum atomic E-state index is -0.475. The van der Waals surface area contributed by atoms with Crippen LogP contribution in [0.5, 0.6) is 28.7 Å². The first-order valence-corrected chi connectivity index (χ1v) is 5.09. The van der Waals surface area contributed by atoms with Gasteiger partial charge in [-0.3, -0.25) is 0 Å². The molecule has 0 aliphatic heterocycles. The number of benzene rings is 2. The third kappa shape index (κ3) is 3.79. The van der Waals surface area contributed by atoms with Crippen molar-refractivity contribution in [1.82, 2.24) is 0 Å². The van der Waals surface area contributed by atoms with Gasteiger partial charge in [-0.15, -0.1) is 0 Å². The summed E-state index contributed by atoms with van der Waals surface area (Å²) < 4.78 is 0. The molecule has 0 fully saturated rings. The van der Waals surface area contributed by atoms with Gasteiger partial charge in [0.05, 0.1) is 0 Å². The van der Waals surface area contributed by atoms with E-state index in [9.17, 15) is 0 Å². The van der Waals surface area contributed by atoms with Crippen LogP contribution in [-0.2, 0) is 0 Å². The van der Waals surface area contributed by atoms with Crippen LogP contribution in [0.15, 0.2) is 36.4 Å². The Morgan fingerprint density at radius 3 is 1.50 bits per heavy atom. The number of para-hydroxylation sites is 1. The first-order valence-electron chi connectivity index (χ1n) is 5.09. The summed E-state index contributed by atoms with van der Waals surface area (Å²) >= 11 is 0. The van der Waals surface area contributed by atoms with Crippen molar-refractivity contribution < 1.29 is 25.5 Å². The molecule has 0 atom stereocenters. The van der Waals surface area contributed by atoms with E-state index in [0.717, 1.165) is 5.56 Å². The van der Waals surface area contributed by atoms with Gasteiger partial charge in [-0.05, 0) is 36.8 Å². The predicted octanol–water partition coefficient (Wildman–Crippen LogP) is 2.21. The molecule has 0 bridgehead atoms. The predicted molar refractivity (Wildman–Crippen MR) is 65.9 cm³/mol. The van der Waals surface area contributed by atoms with Gasteiger partial charge in [0.2, 0.25) is 0 Å². The van der Waals surface area contributed by atoms with Crippen molar-refractivity contribution in [3.05, 3.63) is 42.0 Å². The summed E-state index contributed by atoms with van der Waals surface area (Å²) in [5, 5.41) is 43.8. The van der Waals surface area contributed by atoms with Crippen LogP contribution < -0.4 is 0 Å². The van der Waals surface area contributed by atoms with Gasteiger partial charge in [0.25, 0.3) is 0 Å². The lowest BCUT2D eigenvalue weighted by molar-refractivity contribution is 0.368. The highest BCUT2D eigenvalue weighted by atomic mass is 16.3. The van der Waals surface area contributed by atoms with Crippen molar-refractivity contribution in [2.24, 2.45) is 0 Å². The smallest absolute Gasteiger partial charge is 0.200 e. The molecule has 0 heterocycles. The van der Waals surface area contributed by atoms with Crippen molar-refractivity contribution in [1.29, 1.82) is 0 Å². The van der Waals surface area contributed by atoms with Gasteiger partial charge >= 0.3 is 0 Å². The van der Waals surface area contributed by atoms with E-state index in [0.29, 0.717) is 0 Å². The highest BCUT2D eigenvalue weighted by Crippen LogP contribution is 2.32. The quantitative estimate of drug-likeness (QED) is 0.461. The molecule has 0 radical (unpaired) electrons. The van der Waals surface area contributed by atoms with Crippen LogP contribution >= 0.6 is 0 Å². The maximum Gasteiger partial charge on any atom is 0.200 e. The minimum Gasteiger partial charge on any atom is -0.508 e. The third-order valence-corrected chi connectivity index (χ3v) is 2.04. The van der Waals surface area contributed by atoms with Crippen molar-refractivity contribution >= 4 is 0 Å². The van der Waals surface area contributed by atoms with E-state index < -0.39 is 5.75 Å². The first-order chi connectivity index (χ1) is 8.40. The molecule has 96 valence electrons. The van der Waals surface area contributed by atoms with E-state index in [1.54, 1.807) is 19.1 Å². The van der Waals surface area contributed by atoms with Gasteiger partial charge in [0.15, 0.2) is 17.2 Å². The van der Waals surface area contributed by atoms with Crippen LogP contribution in [0.4, 0.5) is 0 Å². The van der Waals surface area contributed by atoms with Gasteiger partial charge < -0.3 is 25.5 Å². The largest absolute Gasteiger partial charge is 0.508 e. The Balaban J connectivity index is 0.000000180. The molecule has 0 aromatic heterocycles. The minimum absolute atomic E-state index is 0.104. The van der Waals surface area contributed by atoms with Crippen LogP contribution in [0.25, 0.3) is 0 Å². The van der Waals surface area contributed by atoms with Crippen LogP contribution in [-0.4, -0.2) is 25.5 Å². The summed E-state index contributed by atoms with van der Waals surface area (Å²) in [5.41, 5.74) is 0.854. The Labute approximate surface area is 104 Å². The van der Waals surface area contributed by atoms with E-state index in [2.05, 4.69) is 0 Å². The molecule has 0 unspecified atom stereocenters. The second-order valence-electron chi connectivity index (χ2n) is 3.67. The zero-order valence-electron chi connectivity index (χ0n) is 9.70. The van der Waals surface area contributed by atoms with Gasteiger partial charge in [-0.25, -0.2) is 0 Å². The molecule has 0 saturated heterocycles. The lowest BCUT2D eigenvalue weighted by atomic mass is 10.2. The fraction of sp³-hybridized carbons (Fsp3) is 0.0769. The molecule has 2 aromatic carbocycles. The molecule has 0 aliphatic carbocycles. The van der Waals surface area contributed by atoms with E-state index in [-0.39, 0.29) is 23.0 Å². The van der Waals surface area contributed by atoms with E-state index in [4.69, 9.17) is 25.5 Å². The zero-order chi connectivity index (χ0) is 13.7. The molecule has 0 aliphatic rings. The monoisotopic (exact) mass is 250 g/mol. The third-order valence-electron chi connectivity index (χ3n) is 2.04. The number of aromatic hydroxyl groups is 5. The Bertz CT molecular complexity index is 466. The van der Waals surface area contributed by atoms with Crippen molar-refractivity contribution in [3.8, 4) is 28.7 Å². The lowest BCUT2D eigenvalue weighted by Crippen LogP contribution is -1.70. The average Bonchev–Trinajstić information content (AvgIpc) is 2.24. The molecule has 0 amide bonds. The molecular weight excluding hydrogens is 236 g/mol.